The summed E-state index contributed by atoms with van der Waals surface area (Å²) in [6.07, 6.45) is 0. The monoisotopic (exact) mass is 374 g/mol. The summed E-state index contributed by atoms with van der Waals surface area (Å²) >= 11 is 8.86. The Morgan fingerprint density at radius 2 is 1.76 bits per heavy atom. The van der Waals surface area contributed by atoms with E-state index in [0.29, 0.717) is 5.52 Å². The van der Waals surface area contributed by atoms with E-state index in [9.17, 15) is 13.2 Å². The highest BCUT2D eigenvalue weighted by atomic mass is 79.9. The van der Waals surface area contributed by atoms with Crippen molar-refractivity contribution in [2.24, 2.45) is 0 Å². The summed E-state index contributed by atoms with van der Waals surface area (Å²) in [4.78, 5) is 4.19. The van der Waals surface area contributed by atoms with E-state index < -0.39 is 17.5 Å². The fourth-order valence-electron chi connectivity index (χ4n) is 2.16. The van der Waals surface area contributed by atoms with Gasteiger partial charge in [0.25, 0.3) is 0 Å². The molecule has 7 heteroatoms. The fraction of sp³-hybridized carbons (Fsp3) is 0.0714. The number of benzene rings is 2. The fourth-order valence-corrected chi connectivity index (χ4v) is 2.67. The van der Waals surface area contributed by atoms with Crippen molar-refractivity contribution in [1.82, 2.24) is 9.55 Å². The summed E-state index contributed by atoms with van der Waals surface area (Å²) in [6.45, 7) is 0. The quantitative estimate of drug-likeness (QED) is 0.580. The molecular weight excluding hydrogens is 369 g/mol. The van der Waals surface area contributed by atoms with Gasteiger partial charge < -0.3 is 0 Å². The van der Waals surface area contributed by atoms with Gasteiger partial charge in [-0.25, -0.2) is 18.2 Å². The number of imidazole rings is 1. The van der Waals surface area contributed by atoms with Gasteiger partial charge in [0.2, 0.25) is 0 Å². The Morgan fingerprint density at radius 1 is 1.10 bits per heavy atom. The van der Waals surface area contributed by atoms with Crippen molar-refractivity contribution in [3.63, 3.8) is 0 Å². The van der Waals surface area contributed by atoms with Crippen LogP contribution in [0.1, 0.15) is 5.82 Å². The Balaban J connectivity index is 2.43. The van der Waals surface area contributed by atoms with E-state index in [0.717, 1.165) is 18.2 Å². The summed E-state index contributed by atoms with van der Waals surface area (Å²) in [5, 5.41) is 0. The summed E-state index contributed by atoms with van der Waals surface area (Å²) in [7, 11) is 0. The molecule has 0 saturated heterocycles. The Labute approximate surface area is 131 Å². The SMILES string of the molecule is Fc1cc2c(cc1Br)nc(CCl)n2-c1c(F)cccc1F. The lowest BCUT2D eigenvalue weighted by Gasteiger charge is -2.10. The average Bonchev–Trinajstić information content (AvgIpc) is 2.77. The minimum atomic E-state index is -0.774. The van der Waals surface area contributed by atoms with E-state index in [2.05, 4.69) is 20.9 Å². The highest BCUT2D eigenvalue weighted by molar-refractivity contribution is 9.10. The highest BCUT2D eigenvalue weighted by Gasteiger charge is 2.19. The Hall–Kier alpha value is -1.53. The molecule has 0 unspecified atom stereocenters. The number of fused-ring (bicyclic) bond motifs is 1. The number of alkyl halides is 1. The molecule has 0 N–H and O–H groups in total. The molecule has 0 radical (unpaired) electrons. The van der Waals surface area contributed by atoms with E-state index in [-0.39, 0.29) is 27.4 Å². The minimum Gasteiger partial charge on any atom is -0.290 e. The molecule has 3 rings (SSSR count). The normalized spacial score (nSPS) is 11.3. The second-order valence-corrected chi connectivity index (χ2v) is 5.44. The zero-order chi connectivity index (χ0) is 15.1. The van der Waals surface area contributed by atoms with Gasteiger partial charge in [0.05, 0.1) is 21.4 Å². The maximum atomic E-state index is 14.0. The molecule has 2 aromatic carbocycles. The Morgan fingerprint density at radius 3 is 2.38 bits per heavy atom. The van der Waals surface area contributed by atoms with E-state index in [4.69, 9.17) is 11.6 Å². The molecule has 0 fully saturated rings. The smallest absolute Gasteiger partial charge is 0.150 e. The summed E-state index contributed by atoms with van der Waals surface area (Å²) in [6, 6.07) is 6.10. The van der Waals surface area contributed by atoms with Crippen LogP contribution >= 0.6 is 27.5 Å². The third-order valence-corrected chi connectivity index (χ3v) is 3.89. The highest BCUT2D eigenvalue weighted by Crippen LogP contribution is 2.29. The van der Waals surface area contributed by atoms with Crippen LogP contribution < -0.4 is 0 Å². The second-order valence-electron chi connectivity index (χ2n) is 4.32. The van der Waals surface area contributed by atoms with Crippen molar-refractivity contribution >= 4 is 38.6 Å². The topological polar surface area (TPSA) is 17.8 Å². The lowest BCUT2D eigenvalue weighted by molar-refractivity contribution is 0.568. The molecule has 0 aliphatic heterocycles. The van der Waals surface area contributed by atoms with Crippen LogP contribution in [0.3, 0.4) is 0 Å². The maximum absolute atomic E-state index is 14.0. The maximum Gasteiger partial charge on any atom is 0.150 e. The van der Waals surface area contributed by atoms with Gasteiger partial charge in [-0.15, -0.1) is 11.6 Å². The van der Waals surface area contributed by atoms with Gasteiger partial charge >= 0.3 is 0 Å². The molecule has 0 atom stereocenters. The van der Waals surface area contributed by atoms with E-state index in [1.54, 1.807) is 0 Å². The number of para-hydroxylation sites is 1. The van der Waals surface area contributed by atoms with Crippen molar-refractivity contribution in [2.75, 3.05) is 0 Å². The second kappa shape index (κ2) is 5.35. The first-order valence-electron chi connectivity index (χ1n) is 5.89. The van der Waals surface area contributed by atoms with Crippen molar-refractivity contribution in [3.05, 3.63) is 58.1 Å². The largest absolute Gasteiger partial charge is 0.290 e. The van der Waals surface area contributed by atoms with E-state index in [1.165, 1.54) is 16.7 Å². The minimum absolute atomic E-state index is 0.0678. The van der Waals surface area contributed by atoms with Gasteiger partial charge in [0, 0.05) is 6.07 Å². The molecule has 108 valence electrons. The molecular formula is C14H7BrClF3N2. The first-order valence-corrected chi connectivity index (χ1v) is 7.22. The van der Waals surface area contributed by atoms with Gasteiger partial charge in [-0.1, -0.05) is 6.07 Å². The Kier molecular flexibility index (Phi) is 3.67. The van der Waals surface area contributed by atoms with Crippen LogP contribution in [-0.2, 0) is 5.88 Å². The molecule has 2 nitrogen and oxygen atoms in total. The van der Waals surface area contributed by atoms with Crippen molar-refractivity contribution in [2.45, 2.75) is 5.88 Å². The van der Waals surface area contributed by atoms with Gasteiger partial charge in [-0.3, -0.25) is 4.57 Å². The molecule has 1 heterocycles. The zero-order valence-corrected chi connectivity index (χ0v) is 12.7. The number of hydrogen-bond donors (Lipinski definition) is 0. The average molecular weight is 376 g/mol. The first kappa shape index (κ1) is 14.4. The van der Waals surface area contributed by atoms with Gasteiger partial charge in [-0.2, -0.15) is 0 Å². The van der Waals surface area contributed by atoms with Crippen LogP contribution in [-0.4, -0.2) is 9.55 Å². The van der Waals surface area contributed by atoms with Crippen LogP contribution in [0.15, 0.2) is 34.8 Å². The van der Waals surface area contributed by atoms with Gasteiger partial charge in [-0.05, 0) is 34.1 Å². The van der Waals surface area contributed by atoms with Gasteiger partial charge in [0.15, 0.2) is 0 Å². The van der Waals surface area contributed by atoms with Crippen LogP contribution in [0.25, 0.3) is 16.7 Å². The molecule has 0 bridgehead atoms. The Bertz CT molecular complexity index is 828. The lowest BCUT2D eigenvalue weighted by atomic mass is 10.2. The van der Waals surface area contributed by atoms with Crippen LogP contribution in [0, 0.1) is 17.5 Å². The molecule has 0 aliphatic carbocycles. The predicted molar refractivity (Wildman–Crippen MR) is 78.2 cm³/mol. The zero-order valence-electron chi connectivity index (χ0n) is 10.4. The van der Waals surface area contributed by atoms with Crippen molar-refractivity contribution in [1.29, 1.82) is 0 Å². The summed E-state index contributed by atoms with van der Waals surface area (Å²) < 4.78 is 43.2. The standard InChI is InChI=1S/C14H7BrClF3N2/c15-7-4-11-12(5-10(7)19)21(13(6-16)20-11)14-8(17)2-1-3-9(14)18/h1-5H,6H2. The number of hydrogen-bond acceptors (Lipinski definition) is 1. The molecule has 0 spiro atoms. The third kappa shape index (κ3) is 2.32. The summed E-state index contributed by atoms with van der Waals surface area (Å²) in [5.41, 5.74) is 0.314. The summed E-state index contributed by atoms with van der Waals surface area (Å²) in [5.74, 6) is -1.94. The van der Waals surface area contributed by atoms with E-state index in [1.807, 2.05) is 0 Å². The number of rotatable bonds is 2. The molecule has 3 aromatic rings. The van der Waals surface area contributed by atoms with Crippen molar-refractivity contribution < 1.29 is 13.2 Å². The van der Waals surface area contributed by atoms with Crippen LogP contribution in [0.4, 0.5) is 13.2 Å². The molecule has 21 heavy (non-hydrogen) atoms. The van der Waals surface area contributed by atoms with Crippen LogP contribution in [0.2, 0.25) is 0 Å². The van der Waals surface area contributed by atoms with Crippen LogP contribution in [0.5, 0.6) is 0 Å². The van der Waals surface area contributed by atoms with E-state index >= 15 is 0 Å². The van der Waals surface area contributed by atoms with Crippen molar-refractivity contribution in [3.8, 4) is 5.69 Å². The molecule has 0 aliphatic rings. The molecule has 0 saturated carbocycles. The third-order valence-electron chi connectivity index (χ3n) is 3.05. The molecule has 1 aromatic heterocycles. The number of nitrogens with zero attached hydrogens (tertiary/aromatic N) is 2. The predicted octanol–water partition coefficient (Wildman–Crippen LogP) is 4.94. The number of aromatic nitrogens is 2. The lowest BCUT2D eigenvalue weighted by Crippen LogP contribution is -2.05. The first-order chi connectivity index (χ1) is 10.0. The number of halogens is 5. The molecule has 0 amide bonds. The van der Waals surface area contributed by atoms with Gasteiger partial charge in [0.1, 0.15) is 29.0 Å².